The lowest BCUT2D eigenvalue weighted by Crippen LogP contribution is -2.51. The minimum Gasteiger partial charge on any atom is -0.378 e. The van der Waals surface area contributed by atoms with E-state index in [0.29, 0.717) is 45.8 Å². The first kappa shape index (κ1) is 23.9. The average molecular weight is 466 g/mol. The molecule has 2 fully saturated rings. The number of rotatable bonds is 7. The van der Waals surface area contributed by atoms with Crippen LogP contribution in [0.3, 0.4) is 0 Å². The number of hydrogen-bond donors (Lipinski definition) is 1. The highest BCUT2D eigenvalue weighted by Crippen LogP contribution is 2.34. The number of allylic oxidation sites excluding steroid dienone is 4. The maximum atomic E-state index is 13.4. The summed E-state index contributed by atoms with van der Waals surface area (Å²) in [5, 5.41) is 0. The fourth-order valence-electron chi connectivity index (χ4n) is 3.90. The molecule has 2 aliphatic rings. The van der Waals surface area contributed by atoms with Crippen molar-refractivity contribution < 1.29 is 17.9 Å². The molecule has 2 N–H and O–H groups in total. The molecule has 0 spiro atoms. The Balaban J connectivity index is 1.86. The van der Waals surface area contributed by atoms with Gasteiger partial charge >= 0.3 is 0 Å². The van der Waals surface area contributed by atoms with Crippen molar-refractivity contribution in [3.63, 3.8) is 0 Å². The summed E-state index contributed by atoms with van der Waals surface area (Å²) in [4.78, 5) is 15.8. The lowest BCUT2D eigenvalue weighted by atomic mass is 9.85. The number of carbonyl (C=O) groups is 1. The highest BCUT2D eigenvalue weighted by molar-refractivity contribution is 7.91. The summed E-state index contributed by atoms with van der Waals surface area (Å²) in [7, 11) is -3.72. The van der Waals surface area contributed by atoms with Crippen molar-refractivity contribution in [2.75, 3.05) is 39.4 Å². The molecular weight excluding hydrogens is 434 g/mol. The SMILES string of the molecule is C=C(/C=C\C=C/C)[C@@H]1C[C@H](C(=O)N2CCOCC2)CN(S(=O)(=O)c2ccc(CN)s2)C1. The predicted molar refractivity (Wildman–Crippen MR) is 123 cm³/mol. The first-order valence-corrected chi connectivity index (χ1v) is 12.8. The van der Waals surface area contributed by atoms with E-state index in [1.54, 1.807) is 17.0 Å². The molecule has 7 nitrogen and oxygen atoms in total. The third-order valence-corrected chi connectivity index (χ3v) is 9.07. The van der Waals surface area contributed by atoms with E-state index in [-0.39, 0.29) is 22.6 Å². The minimum absolute atomic E-state index is 0.00717. The molecule has 3 heterocycles. The van der Waals surface area contributed by atoms with Crippen LogP contribution in [0.2, 0.25) is 0 Å². The van der Waals surface area contributed by atoms with Crippen LogP contribution in [0.1, 0.15) is 18.2 Å². The second kappa shape index (κ2) is 10.7. The molecule has 0 saturated carbocycles. The molecule has 2 aliphatic heterocycles. The van der Waals surface area contributed by atoms with Gasteiger partial charge in [0.25, 0.3) is 10.0 Å². The molecule has 0 bridgehead atoms. The normalized spacial score (nSPS) is 23.6. The fraction of sp³-hybridized carbons (Fsp3) is 0.500. The second-order valence-corrected chi connectivity index (χ2v) is 11.1. The van der Waals surface area contributed by atoms with Gasteiger partial charge in [0, 0.05) is 37.6 Å². The zero-order chi connectivity index (χ0) is 22.4. The van der Waals surface area contributed by atoms with E-state index in [1.165, 1.54) is 15.6 Å². The first-order valence-electron chi connectivity index (χ1n) is 10.5. The molecule has 2 atom stereocenters. The Kier molecular flexibility index (Phi) is 8.23. The summed E-state index contributed by atoms with van der Waals surface area (Å²) in [5.41, 5.74) is 6.49. The molecule has 9 heteroatoms. The monoisotopic (exact) mass is 465 g/mol. The highest BCUT2D eigenvalue weighted by atomic mass is 32.2. The Hall–Kier alpha value is -1.78. The Morgan fingerprint density at radius 2 is 1.97 bits per heavy atom. The molecule has 0 aromatic carbocycles. The zero-order valence-corrected chi connectivity index (χ0v) is 19.5. The Morgan fingerprint density at radius 3 is 2.61 bits per heavy atom. The molecule has 3 rings (SSSR count). The van der Waals surface area contributed by atoms with Crippen LogP contribution in [0.15, 0.2) is 52.8 Å². The van der Waals surface area contributed by atoms with Crippen LogP contribution in [0, 0.1) is 11.8 Å². The molecule has 0 unspecified atom stereocenters. The lowest BCUT2D eigenvalue weighted by molar-refractivity contribution is -0.141. The Morgan fingerprint density at radius 1 is 1.26 bits per heavy atom. The van der Waals surface area contributed by atoms with Crippen LogP contribution in [0.25, 0.3) is 0 Å². The number of carbonyl (C=O) groups excluding carboxylic acids is 1. The van der Waals surface area contributed by atoms with Crippen LogP contribution in [-0.4, -0.2) is 62.9 Å². The molecular formula is C22H31N3O4S2. The molecule has 0 radical (unpaired) electrons. The van der Waals surface area contributed by atoms with Crippen molar-refractivity contribution in [3.8, 4) is 0 Å². The van der Waals surface area contributed by atoms with Gasteiger partial charge in [-0.15, -0.1) is 11.3 Å². The van der Waals surface area contributed by atoms with Crippen LogP contribution in [0.5, 0.6) is 0 Å². The smallest absolute Gasteiger partial charge is 0.252 e. The second-order valence-electron chi connectivity index (χ2n) is 7.77. The van der Waals surface area contributed by atoms with Crippen LogP contribution in [0.4, 0.5) is 0 Å². The quantitative estimate of drug-likeness (QED) is 0.624. The van der Waals surface area contributed by atoms with E-state index in [9.17, 15) is 13.2 Å². The summed E-state index contributed by atoms with van der Waals surface area (Å²) in [6.07, 6.45) is 8.19. The minimum atomic E-state index is -3.72. The van der Waals surface area contributed by atoms with Crippen molar-refractivity contribution in [1.29, 1.82) is 0 Å². The molecule has 0 aliphatic carbocycles. The van der Waals surface area contributed by atoms with Gasteiger partial charge in [0.05, 0.1) is 19.1 Å². The van der Waals surface area contributed by atoms with Gasteiger partial charge in [-0.05, 0) is 31.4 Å². The third-order valence-electron chi connectivity index (χ3n) is 5.66. The number of piperidine rings is 1. The molecule has 2 saturated heterocycles. The molecule has 1 amide bonds. The first-order chi connectivity index (χ1) is 14.9. The maximum Gasteiger partial charge on any atom is 0.252 e. The van der Waals surface area contributed by atoms with Gasteiger partial charge in [-0.2, -0.15) is 4.31 Å². The number of thiophene rings is 1. The largest absolute Gasteiger partial charge is 0.378 e. The Labute approximate surface area is 188 Å². The maximum absolute atomic E-state index is 13.4. The summed E-state index contributed by atoms with van der Waals surface area (Å²) >= 11 is 1.19. The van der Waals surface area contributed by atoms with E-state index >= 15 is 0 Å². The van der Waals surface area contributed by atoms with Gasteiger partial charge in [0.2, 0.25) is 5.91 Å². The summed E-state index contributed by atoms with van der Waals surface area (Å²) in [5.74, 6) is -0.548. The van der Waals surface area contributed by atoms with Crippen LogP contribution >= 0.6 is 11.3 Å². The van der Waals surface area contributed by atoms with Crippen molar-refractivity contribution >= 4 is 27.3 Å². The van der Waals surface area contributed by atoms with Crippen LogP contribution < -0.4 is 5.73 Å². The summed E-state index contributed by atoms with van der Waals surface area (Å²) < 4.78 is 33.8. The van der Waals surface area contributed by atoms with Gasteiger partial charge in [0.1, 0.15) is 4.21 Å². The van der Waals surface area contributed by atoms with E-state index in [1.807, 2.05) is 31.2 Å². The van der Waals surface area contributed by atoms with Gasteiger partial charge in [-0.3, -0.25) is 4.79 Å². The lowest BCUT2D eigenvalue weighted by Gasteiger charge is -2.39. The van der Waals surface area contributed by atoms with Crippen LogP contribution in [-0.2, 0) is 26.1 Å². The Bertz CT molecular complexity index is 946. The van der Waals surface area contributed by atoms with Crippen molar-refractivity contribution in [1.82, 2.24) is 9.21 Å². The number of nitrogens with zero attached hydrogens (tertiary/aromatic N) is 2. The number of amides is 1. The molecule has 1 aromatic heterocycles. The number of sulfonamides is 1. The van der Waals surface area contributed by atoms with E-state index in [0.717, 1.165) is 10.5 Å². The number of morpholine rings is 1. The van der Waals surface area contributed by atoms with E-state index < -0.39 is 15.9 Å². The standard InChI is InChI=1S/C22H31N3O4S2/c1-3-4-5-6-17(2)18-13-19(22(26)24-9-11-29-12-10-24)16-25(15-18)31(27,28)21-8-7-20(14-23)30-21/h3-8,18-19H,2,9-16,23H2,1H3/b4-3-,6-5-/t18-,19+/m1/s1. The number of nitrogens with two attached hydrogens (primary N) is 1. The number of ether oxygens (including phenoxy) is 1. The molecule has 1 aromatic rings. The van der Waals surface area contributed by atoms with Gasteiger partial charge in [0.15, 0.2) is 0 Å². The van der Waals surface area contributed by atoms with Crippen molar-refractivity contribution in [2.45, 2.75) is 24.1 Å². The number of hydrogen-bond acceptors (Lipinski definition) is 6. The molecule has 170 valence electrons. The zero-order valence-electron chi connectivity index (χ0n) is 17.9. The van der Waals surface area contributed by atoms with Gasteiger partial charge in [-0.25, -0.2) is 8.42 Å². The topological polar surface area (TPSA) is 92.9 Å². The van der Waals surface area contributed by atoms with Gasteiger partial charge in [-0.1, -0.05) is 36.5 Å². The van der Waals surface area contributed by atoms with Crippen molar-refractivity contribution in [2.24, 2.45) is 17.6 Å². The average Bonchev–Trinajstić information content (AvgIpc) is 3.29. The highest BCUT2D eigenvalue weighted by Gasteiger charge is 2.40. The van der Waals surface area contributed by atoms with Gasteiger partial charge < -0.3 is 15.4 Å². The summed E-state index contributed by atoms with van der Waals surface area (Å²) in [6, 6.07) is 3.35. The molecule has 31 heavy (non-hydrogen) atoms. The third kappa shape index (κ3) is 5.72. The van der Waals surface area contributed by atoms with Crippen molar-refractivity contribution in [3.05, 3.63) is 53.5 Å². The summed E-state index contributed by atoms with van der Waals surface area (Å²) in [6.45, 7) is 8.98. The van der Waals surface area contributed by atoms with E-state index in [4.69, 9.17) is 10.5 Å². The van der Waals surface area contributed by atoms with E-state index in [2.05, 4.69) is 6.58 Å². The fourth-order valence-corrected chi connectivity index (χ4v) is 6.82. The predicted octanol–water partition coefficient (Wildman–Crippen LogP) is 2.38.